The fraction of sp³-hybridized carbons (Fsp3) is 0.333. The summed E-state index contributed by atoms with van der Waals surface area (Å²) in [5.41, 5.74) is 6.34. The van der Waals surface area contributed by atoms with Gasteiger partial charge in [0.2, 0.25) is 11.8 Å². The quantitative estimate of drug-likeness (QED) is 0.845. The summed E-state index contributed by atoms with van der Waals surface area (Å²) in [5, 5.41) is 9.73. The summed E-state index contributed by atoms with van der Waals surface area (Å²) < 4.78 is 0. The molecule has 1 unspecified atom stereocenters. The number of carbonyl (C=O) groups is 2. The van der Waals surface area contributed by atoms with Gasteiger partial charge in [0.05, 0.1) is 18.2 Å². The van der Waals surface area contributed by atoms with Crippen molar-refractivity contribution in [2.45, 2.75) is 13.0 Å². The Morgan fingerprint density at radius 3 is 2.83 bits per heavy atom. The minimum absolute atomic E-state index is 0.104. The van der Waals surface area contributed by atoms with E-state index in [4.69, 9.17) is 17.3 Å². The molecule has 1 saturated heterocycles. The van der Waals surface area contributed by atoms with Crippen LogP contribution in [0.3, 0.4) is 0 Å². The van der Waals surface area contributed by atoms with Crippen molar-refractivity contribution >= 4 is 29.1 Å². The molecule has 96 valence electrons. The van der Waals surface area contributed by atoms with E-state index in [2.05, 4.69) is 0 Å². The highest BCUT2D eigenvalue weighted by Gasteiger charge is 2.34. The number of anilines is 1. The molecule has 0 aliphatic carbocycles. The number of nitrogens with zero attached hydrogens (tertiary/aromatic N) is 1. The van der Waals surface area contributed by atoms with E-state index in [1.807, 2.05) is 0 Å². The van der Waals surface area contributed by atoms with E-state index < -0.39 is 11.8 Å². The Hall–Kier alpha value is -1.59. The molecule has 1 heterocycles. The summed E-state index contributed by atoms with van der Waals surface area (Å²) in [6.07, 6.45) is 0.104. The number of amides is 2. The minimum Gasteiger partial charge on any atom is -0.392 e. The Morgan fingerprint density at radius 2 is 2.28 bits per heavy atom. The second-order valence-electron chi connectivity index (χ2n) is 4.24. The molecule has 0 radical (unpaired) electrons. The van der Waals surface area contributed by atoms with Crippen molar-refractivity contribution in [2.75, 3.05) is 11.4 Å². The molecule has 1 aliphatic heterocycles. The highest BCUT2D eigenvalue weighted by Crippen LogP contribution is 2.30. The van der Waals surface area contributed by atoms with Crippen LogP contribution < -0.4 is 10.6 Å². The van der Waals surface area contributed by atoms with E-state index in [1.54, 1.807) is 18.2 Å². The van der Waals surface area contributed by atoms with E-state index in [0.717, 1.165) is 0 Å². The maximum Gasteiger partial charge on any atom is 0.227 e. The van der Waals surface area contributed by atoms with Gasteiger partial charge in [0, 0.05) is 23.6 Å². The molecule has 1 aromatic carbocycles. The van der Waals surface area contributed by atoms with Crippen molar-refractivity contribution < 1.29 is 14.7 Å². The molecule has 1 fully saturated rings. The minimum atomic E-state index is -0.488. The fourth-order valence-corrected chi connectivity index (χ4v) is 2.22. The van der Waals surface area contributed by atoms with Crippen LogP contribution in [0.2, 0.25) is 5.02 Å². The fourth-order valence-electron chi connectivity index (χ4n) is 2.05. The molecule has 0 aromatic heterocycles. The molecule has 1 aromatic rings. The second-order valence-corrected chi connectivity index (χ2v) is 4.68. The number of halogens is 1. The average molecular weight is 269 g/mol. The summed E-state index contributed by atoms with van der Waals surface area (Å²) in [5.74, 6) is -1.16. The van der Waals surface area contributed by atoms with Gasteiger partial charge in [0.1, 0.15) is 0 Å². The van der Waals surface area contributed by atoms with Gasteiger partial charge in [-0.05, 0) is 12.1 Å². The van der Waals surface area contributed by atoms with Crippen LogP contribution in [0.5, 0.6) is 0 Å². The van der Waals surface area contributed by atoms with Gasteiger partial charge in [0.25, 0.3) is 0 Å². The van der Waals surface area contributed by atoms with Crippen molar-refractivity contribution in [3.63, 3.8) is 0 Å². The van der Waals surface area contributed by atoms with Crippen LogP contribution in [0.25, 0.3) is 0 Å². The van der Waals surface area contributed by atoms with Gasteiger partial charge in [-0.15, -0.1) is 0 Å². The maximum absolute atomic E-state index is 11.9. The zero-order valence-corrected chi connectivity index (χ0v) is 10.4. The Balaban J connectivity index is 2.34. The molecule has 1 aliphatic rings. The van der Waals surface area contributed by atoms with Gasteiger partial charge >= 0.3 is 0 Å². The number of aliphatic hydroxyl groups excluding tert-OH is 1. The van der Waals surface area contributed by atoms with E-state index in [-0.39, 0.29) is 25.5 Å². The highest BCUT2D eigenvalue weighted by atomic mass is 35.5. The third-order valence-corrected chi connectivity index (χ3v) is 3.27. The number of carbonyl (C=O) groups excluding carboxylic acids is 2. The molecule has 1 atom stereocenters. The summed E-state index contributed by atoms with van der Waals surface area (Å²) in [6.45, 7) is 0.0407. The smallest absolute Gasteiger partial charge is 0.227 e. The largest absolute Gasteiger partial charge is 0.392 e. The first kappa shape index (κ1) is 12.9. The Labute approximate surface area is 109 Å². The molecular formula is C12H13ClN2O3. The number of rotatable bonds is 3. The first-order chi connectivity index (χ1) is 8.52. The predicted molar refractivity (Wildman–Crippen MR) is 67.0 cm³/mol. The lowest BCUT2D eigenvalue weighted by Crippen LogP contribution is -2.29. The van der Waals surface area contributed by atoms with Crippen LogP contribution in [0, 0.1) is 5.92 Å². The van der Waals surface area contributed by atoms with E-state index in [9.17, 15) is 14.7 Å². The molecule has 0 bridgehead atoms. The lowest BCUT2D eigenvalue weighted by atomic mass is 10.1. The summed E-state index contributed by atoms with van der Waals surface area (Å²) in [7, 11) is 0. The normalized spacial score (nSPS) is 19.3. The standard InChI is InChI=1S/C12H13ClN2O3/c13-9-2-1-7(6-16)10(4-9)15-5-8(12(14)18)3-11(15)17/h1-2,4,8,16H,3,5-6H2,(H2,14,18). The topological polar surface area (TPSA) is 83.6 Å². The number of primary amides is 1. The second kappa shape index (κ2) is 4.96. The van der Waals surface area contributed by atoms with Crippen molar-refractivity contribution in [1.82, 2.24) is 0 Å². The van der Waals surface area contributed by atoms with Gasteiger partial charge in [-0.25, -0.2) is 0 Å². The lowest BCUT2D eigenvalue weighted by Gasteiger charge is -2.19. The molecule has 2 rings (SSSR count). The predicted octanol–water partition coefficient (Wildman–Crippen LogP) is 0.670. The first-order valence-electron chi connectivity index (χ1n) is 5.52. The van der Waals surface area contributed by atoms with Crippen LogP contribution in [0.1, 0.15) is 12.0 Å². The summed E-state index contributed by atoms with van der Waals surface area (Å²) in [6, 6.07) is 4.90. The van der Waals surface area contributed by atoms with Crippen LogP contribution in [-0.2, 0) is 16.2 Å². The third kappa shape index (κ3) is 2.32. The number of hydrogen-bond acceptors (Lipinski definition) is 3. The molecule has 18 heavy (non-hydrogen) atoms. The van der Waals surface area contributed by atoms with E-state index in [0.29, 0.717) is 16.3 Å². The van der Waals surface area contributed by atoms with Crippen molar-refractivity contribution in [3.05, 3.63) is 28.8 Å². The molecule has 2 amide bonds. The molecule has 0 spiro atoms. The van der Waals surface area contributed by atoms with Gasteiger partial charge in [-0.2, -0.15) is 0 Å². The number of nitrogens with two attached hydrogens (primary N) is 1. The number of benzene rings is 1. The van der Waals surface area contributed by atoms with Crippen molar-refractivity contribution in [1.29, 1.82) is 0 Å². The van der Waals surface area contributed by atoms with E-state index >= 15 is 0 Å². The zero-order valence-electron chi connectivity index (χ0n) is 9.60. The van der Waals surface area contributed by atoms with Crippen molar-refractivity contribution in [2.24, 2.45) is 11.7 Å². The number of aliphatic hydroxyl groups is 1. The molecular weight excluding hydrogens is 256 g/mol. The van der Waals surface area contributed by atoms with Crippen molar-refractivity contribution in [3.8, 4) is 0 Å². The molecule has 0 saturated carbocycles. The molecule has 3 N–H and O–H groups in total. The van der Waals surface area contributed by atoms with Crippen LogP contribution in [-0.4, -0.2) is 23.5 Å². The SMILES string of the molecule is NC(=O)C1CC(=O)N(c2cc(Cl)ccc2CO)C1. The monoisotopic (exact) mass is 268 g/mol. The average Bonchev–Trinajstić information content (AvgIpc) is 2.71. The Morgan fingerprint density at radius 1 is 1.56 bits per heavy atom. The van der Waals surface area contributed by atoms with Crippen LogP contribution in [0.15, 0.2) is 18.2 Å². The van der Waals surface area contributed by atoms with Gasteiger partial charge in [0.15, 0.2) is 0 Å². The van der Waals surface area contributed by atoms with Crippen LogP contribution in [0.4, 0.5) is 5.69 Å². The highest BCUT2D eigenvalue weighted by molar-refractivity contribution is 6.31. The number of hydrogen-bond donors (Lipinski definition) is 2. The van der Waals surface area contributed by atoms with Gasteiger partial charge in [-0.1, -0.05) is 17.7 Å². The Kier molecular flexibility index (Phi) is 3.54. The summed E-state index contributed by atoms with van der Waals surface area (Å²) >= 11 is 5.89. The van der Waals surface area contributed by atoms with Gasteiger partial charge < -0.3 is 15.7 Å². The zero-order chi connectivity index (χ0) is 13.3. The lowest BCUT2D eigenvalue weighted by molar-refractivity contribution is -0.123. The van der Waals surface area contributed by atoms with Gasteiger partial charge in [-0.3, -0.25) is 9.59 Å². The van der Waals surface area contributed by atoms with Crippen LogP contribution >= 0.6 is 11.6 Å². The Bertz CT molecular complexity index is 504. The third-order valence-electron chi connectivity index (χ3n) is 3.04. The molecule has 6 heteroatoms. The van der Waals surface area contributed by atoms with E-state index in [1.165, 1.54) is 4.90 Å². The molecule has 5 nitrogen and oxygen atoms in total. The summed E-state index contributed by atoms with van der Waals surface area (Å²) in [4.78, 5) is 24.4. The first-order valence-corrected chi connectivity index (χ1v) is 5.89. The maximum atomic E-state index is 11.9.